The van der Waals surface area contributed by atoms with Gasteiger partial charge >= 0.3 is 0 Å². The molecule has 0 saturated heterocycles. The minimum absolute atomic E-state index is 0.711. The highest BCUT2D eigenvalue weighted by molar-refractivity contribution is 5.32. The van der Waals surface area contributed by atoms with Crippen LogP contribution in [-0.4, -0.2) is 0 Å². The zero-order valence-electron chi connectivity index (χ0n) is 6.44. The fourth-order valence-electron chi connectivity index (χ4n) is 1.08. The second-order valence-corrected chi connectivity index (χ2v) is 3.05. The summed E-state index contributed by atoms with van der Waals surface area (Å²) in [5.74, 6) is 0.711. The zero-order chi connectivity index (χ0) is 6.85. The van der Waals surface area contributed by atoms with E-state index in [0.717, 1.165) is 0 Å². The molecule has 0 aromatic rings. The Morgan fingerprint density at radius 2 is 2.11 bits per heavy atom. The molecule has 0 radical (unpaired) electrons. The van der Waals surface area contributed by atoms with Crippen molar-refractivity contribution in [1.29, 1.82) is 0 Å². The predicted molar refractivity (Wildman–Crippen MR) is 41.3 cm³/mol. The molecule has 0 aliphatic heterocycles. The van der Waals surface area contributed by atoms with E-state index in [-0.39, 0.29) is 0 Å². The molecule has 0 aromatic carbocycles. The summed E-state index contributed by atoms with van der Waals surface area (Å²) in [6.07, 6.45) is 5.79. The molecule has 0 bridgehead atoms. The summed E-state index contributed by atoms with van der Waals surface area (Å²) in [6.45, 7) is 6.66. The van der Waals surface area contributed by atoms with E-state index in [2.05, 4.69) is 32.9 Å². The van der Waals surface area contributed by atoms with Crippen LogP contribution in [0.1, 0.15) is 27.2 Å². The molecule has 1 rings (SSSR count). The Kier molecular flexibility index (Phi) is 1.75. The summed E-state index contributed by atoms with van der Waals surface area (Å²) in [6, 6.07) is 0. The van der Waals surface area contributed by atoms with Crippen molar-refractivity contribution in [3.63, 3.8) is 0 Å². The van der Waals surface area contributed by atoms with Crippen LogP contribution in [0.25, 0.3) is 0 Å². The molecular formula is C9H14. The standard InChI is InChI=1S/C9H14/c1-7(2)9-5-4-8(3)6-9/h5-7H,4H2,1-3H3. The van der Waals surface area contributed by atoms with E-state index in [1.165, 1.54) is 17.6 Å². The lowest BCUT2D eigenvalue weighted by Gasteiger charge is -2.00. The van der Waals surface area contributed by atoms with E-state index < -0.39 is 0 Å². The van der Waals surface area contributed by atoms with Crippen molar-refractivity contribution in [2.75, 3.05) is 0 Å². The normalized spacial score (nSPS) is 18.2. The third-order valence-corrected chi connectivity index (χ3v) is 1.74. The van der Waals surface area contributed by atoms with Crippen molar-refractivity contribution >= 4 is 0 Å². The molecular weight excluding hydrogens is 108 g/mol. The van der Waals surface area contributed by atoms with Gasteiger partial charge in [-0.25, -0.2) is 0 Å². The molecule has 50 valence electrons. The maximum absolute atomic E-state index is 2.32. The van der Waals surface area contributed by atoms with Gasteiger partial charge < -0.3 is 0 Å². The molecule has 0 heterocycles. The Labute approximate surface area is 57.3 Å². The summed E-state index contributed by atoms with van der Waals surface area (Å²) in [5.41, 5.74) is 3.01. The SMILES string of the molecule is CC1=CC(C(C)C)=CC1. The van der Waals surface area contributed by atoms with E-state index >= 15 is 0 Å². The van der Waals surface area contributed by atoms with Crippen LogP contribution in [0.4, 0.5) is 0 Å². The average Bonchev–Trinajstić information content (AvgIpc) is 2.14. The van der Waals surface area contributed by atoms with Crippen molar-refractivity contribution < 1.29 is 0 Å². The van der Waals surface area contributed by atoms with Crippen LogP contribution in [0.3, 0.4) is 0 Å². The lowest BCUT2D eigenvalue weighted by molar-refractivity contribution is 0.793. The Balaban J connectivity index is 2.64. The van der Waals surface area contributed by atoms with Gasteiger partial charge in [0.15, 0.2) is 0 Å². The van der Waals surface area contributed by atoms with Crippen molar-refractivity contribution in [2.24, 2.45) is 5.92 Å². The molecule has 0 fully saturated rings. The summed E-state index contributed by atoms with van der Waals surface area (Å²) in [5, 5.41) is 0. The van der Waals surface area contributed by atoms with Gasteiger partial charge in [-0.1, -0.05) is 31.6 Å². The molecule has 0 heteroatoms. The summed E-state index contributed by atoms with van der Waals surface area (Å²) in [7, 11) is 0. The Morgan fingerprint density at radius 1 is 1.44 bits per heavy atom. The average molecular weight is 122 g/mol. The quantitative estimate of drug-likeness (QED) is 0.501. The van der Waals surface area contributed by atoms with Crippen molar-refractivity contribution in [1.82, 2.24) is 0 Å². The third-order valence-electron chi connectivity index (χ3n) is 1.74. The highest BCUT2D eigenvalue weighted by Gasteiger charge is 2.04. The van der Waals surface area contributed by atoms with Gasteiger partial charge in [-0.15, -0.1) is 0 Å². The number of hydrogen-bond donors (Lipinski definition) is 0. The maximum Gasteiger partial charge on any atom is -0.0132 e. The topological polar surface area (TPSA) is 0 Å². The molecule has 0 unspecified atom stereocenters. The summed E-state index contributed by atoms with van der Waals surface area (Å²) >= 11 is 0. The highest BCUT2D eigenvalue weighted by Crippen LogP contribution is 2.22. The first kappa shape index (κ1) is 6.60. The van der Waals surface area contributed by atoms with Crippen LogP contribution in [0.5, 0.6) is 0 Å². The molecule has 0 atom stereocenters. The van der Waals surface area contributed by atoms with Crippen LogP contribution in [0.15, 0.2) is 23.3 Å². The predicted octanol–water partition coefficient (Wildman–Crippen LogP) is 2.92. The van der Waals surface area contributed by atoms with Gasteiger partial charge in [0.05, 0.1) is 0 Å². The smallest absolute Gasteiger partial charge is 0.0132 e. The number of hydrogen-bond acceptors (Lipinski definition) is 0. The zero-order valence-corrected chi connectivity index (χ0v) is 6.44. The molecule has 0 amide bonds. The largest absolute Gasteiger partial charge is 0.0770 e. The number of allylic oxidation sites excluding steroid dienone is 4. The first-order chi connectivity index (χ1) is 4.20. The molecule has 1 aliphatic carbocycles. The van der Waals surface area contributed by atoms with Gasteiger partial charge in [-0.2, -0.15) is 0 Å². The lowest BCUT2D eigenvalue weighted by atomic mass is 10.1. The molecule has 0 saturated carbocycles. The first-order valence-electron chi connectivity index (χ1n) is 3.57. The summed E-state index contributed by atoms with van der Waals surface area (Å²) < 4.78 is 0. The van der Waals surface area contributed by atoms with E-state index in [1.807, 2.05) is 0 Å². The highest BCUT2D eigenvalue weighted by atomic mass is 14.1. The van der Waals surface area contributed by atoms with Crippen molar-refractivity contribution in [2.45, 2.75) is 27.2 Å². The first-order valence-corrected chi connectivity index (χ1v) is 3.57. The minimum atomic E-state index is 0.711. The Morgan fingerprint density at radius 3 is 2.33 bits per heavy atom. The molecule has 0 aromatic heterocycles. The van der Waals surface area contributed by atoms with Gasteiger partial charge in [0.2, 0.25) is 0 Å². The van der Waals surface area contributed by atoms with Crippen LogP contribution in [-0.2, 0) is 0 Å². The van der Waals surface area contributed by atoms with Crippen LogP contribution in [0, 0.1) is 5.92 Å². The van der Waals surface area contributed by atoms with Gasteiger partial charge in [0.25, 0.3) is 0 Å². The molecule has 0 N–H and O–H groups in total. The molecule has 0 spiro atoms. The van der Waals surface area contributed by atoms with E-state index in [9.17, 15) is 0 Å². The Hall–Kier alpha value is -0.520. The maximum atomic E-state index is 2.32. The second-order valence-electron chi connectivity index (χ2n) is 3.05. The van der Waals surface area contributed by atoms with Gasteiger partial charge in [0, 0.05) is 0 Å². The Bertz CT molecular complexity index is 159. The van der Waals surface area contributed by atoms with E-state index in [0.29, 0.717) is 5.92 Å². The van der Waals surface area contributed by atoms with E-state index in [1.54, 1.807) is 0 Å². The van der Waals surface area contributed by atoms with Crippen LogP contribution >= 0.6 is 0 Å². The number of rotatable bonds is 1. The van der Waals surface area contributed by atoms with Crippen LogP contribution in [0.2, 0.25) is 0 Å². The van der Waals surface area contributed by atoms with Crippen molar-refractivity contribution in [3.8, 4) is 0 Å². The van der Waals surface area contributed by atoms with E-state index in [4.69, 9.17) is 0 Å². The fraction of sp³-hybridized carbons (Fsp3) is 0.556. The fourth-order valence-corrected chi connectivity index (χ4v) is 1.08. The lowest BCUT2D eigenvalue weighted by Crippen LogP contribution is -1.86. The van der Waals surface area contributed by atoms with Gasteiger partial charge in [-0.05, 0) is 24.8 Å². The third kappa shape index (κ3) is 1.44. The van der Waals surface area contributed by atoms with Crippen molar-refractivity contribution in [3.05, 3.63) is 23.3 Å². The minimum Gasteiger partial charge on any atom is -0.0770 e. The molecule has 1 aliphatic rings. The van der Waals surface area contributed by atoms with Gasteiger partial charge in [0.1, 0.15) is 0 Å². The second kappa shape index (κ2) is 2.38. The molecule has 0 nitrogen and oxygen atoms in total. The summed E-state index contributed by atoms with van der Waals surface area (Å²) in [4.78, 5) is 0. The molecule has 9 heavy (non-hydrogen) atoms. The van der Waals surface area contributed by atoms with Crippen LogP contribution < -0.4 is 0 Å². The monoisotopic (exact) mass is 122 g/mol. The van der Waals surface area contributed by atoms with Gasteiger partial charge in [-0.3, -0.25) is 0 Å².